The molecule has 4 rings (SSSR count). The number of nitrogens with one attached hydrogen (secondary N) is 3. The van der Waals surface area contributed by atoms with E-state index in [0.29, 0.717) is 12.6 Å². The van der Waals surface area contributed by atoms with E-state index in [4.69, 9.17) is 9.72 Å². The van der Waals surface area contributed by atoms with Gasteiger partial charge in [-0.2, -0.15) is 0 Å². The van der Waals surface area contributed by atoms with Gasteiger partial charge in [0.15, 0.2) is 0 Å². The molecule has 0 saturated carbocycles. The normalized spacial score (nSPS) is 23.8. The summed E-state index contributed by atoms with van der Waals surface area (Å²) < 4.78 is 7.46. The molecule has 128 valence electrons. The molecule has 7 heteroatoms. The number of aryl methyl sites for hydroxylation is 1. The molecule has 24 heavy (non-hydrogen) atoms. The van der Waals surface area contributed by atoms with Crippen molar-refractivity contribution in [2.75, 3.05) is 25.6 Å². The molecule has 1 aliphatic carbocycles. The topological polar surface area (TPSA) is 80.2 Å². The number of hydrogen-bond donors (Lipinski definition) is 3. The first-order valence-electron chi connectivity index (χ1n) is 8.44. The molecular weight excluding hydrogens is 306 g/mol. The Morgan fingerprint density at radius 3 is 3.08 bits per heavy atom. The Morgan fingerprint density at radius 1 is 1.42 bits per heavy atom. The number of carbonyl (C=O) groups excluding carboxylic acids is 1. The van der Waals surface area contributed by atoms with Gasteiger partial charge in [-0.25, -0.2) is 4.98 Å². The van der Waals surface area contributed by atoms with E-state index in [9.17, 15) is 4.79 Å². The zero-order valence-corrected chi connectivity index (χ0v) is 14.1. The smallest absolute Gasteiger partial charge is 0.247 e. The molecule has 2 aromatic heterocycles. The zero-order chi connectivity index (χ0) is 16.7. The average Bonchev–Trinajstić information content (AvgIpc) is 2.87. The predicted molar refractivity (Wildman–Crippen MR) is 92.0 cm³/mol. The zero-order valence-electron chi connectivity index (χ0n) is 14.1. The van der Waals surface area contributed by atoms with Crippen molar-refractivity contribution >= 4 is 22.8 Å². The monoisotopic (exact) mass is 329 g/mol. The second-order valence-corrected chi connectivity index (χ2v) is 6.56. The number of carbonyl (C=O) groups is 1. The molecule has 2 aliphatic rings. The molecule has 1 saturated heterocycles. The summed E-state index contributed by atoms with van der Waals surface area (Å²) in [6, 6.07) is 4.65. The van der Waals surface area contributed by atoms with Crippen LogP contribution in [0.4, 0.5) is 5.82 Å². The molecule has 0 radical (unpaired) electrons. The van der Waals surface area contributed by atoms with Crippen LogP contribution in [-0.2, 0) is 29.4 Å². The molecule has 2 atom stereocenters. The number of nitrogens with zero attached hydrogens (tertiary/aromatic N) is 2. The molecule has 3 heterocycles. The van der Waals surface area contributed by atoms with Crippen molar-refractivity contribution in [1.82, 2.24) is 20.2 Å². The van der Waals surface area contributed by atoms with Crippen LogP contribution in [0.5, 0.6) is 0 Å². The van der Waals surface area contributed by atoms with Gasteiger partial charge in [0.2, 0.25) is 5.91 Å². The number of fused-ring (bicyclic) bond motifs is 3. The van der Waals surface area contributed by atoms with E-state index >= 15 is 0 Å². The summed E-state index contributed by atoms with van der Waals surface area (Å²) in [5.74, 6) is 0.647. The van der Waals surface area contributed by atoms with Crippen molar-refractivity contribution in [2.45, 2.75) is 31.5 Å². The molecule has 2 aromatic rings. The van der Waals surface area contributed by atoms with Crippen LogP contribution in [0.3, 0.4) is 0 Å². The van der Waals surface area contributed by atoms with Crippen molar-refractivity contribution in [2.24, 2.45) is 7.05 Å². The van der Waals surface area contributed by atoms with E-state index in [-0.39, 0.29) is 18.7 Å². The maximum atomic E-state index is 11.4. The Kier molecular flexibility index (Phi) is 3.90. The Balaban J connectivity index is 1.64. The molecule has 3 N–H and O–H groups in total. The Morgan fingerprint density at radius 2 is 2.29 bits per heavy atom. The minimum Gasteiger partial charge on any atom is -0.368 e. The highest BCUT2D eigenvalue weighted by Crippen LogP contribution is 2.31. The first-order chi connectivity index (χ1) is 11.7. The maximum Gasteiger partial charge on any atom is 0.247 e. The highest BCUT2D eigenvalue weighted by molar-refractivity contribution is 5.84. The summed E-state index contributed by atoms with van der Waals surface area (Å²) in [7, 11) is 4.12. The lowest BCUT2D eigenvalue weighted by molar-refractivity contribution is -0.130. The van der Waals surface area contributed by atoms with Crippen LogP contribution in [-0.4, -0.2) is 47.9 Å². The van der Waals surface area contributed by atoms with Crippen LogP contribution in [0.15, 0.2) is 12.1 Å². The van der Waals surface area contributed by atoms with Crippen LogP contribution in [0, 0.1) is 0 Å². The Bertz CT molecular complexity index is 785. The summed E-state index contributed by atoms with van der Waals surface area (Å²) in [5.41, 5.74) is 3.78. The maximum absolute atomic E-state index is 11.4. The Hall–Kier alpha value is -2.12. The number of likely N-dealkylation sites (N-methyl/N-ethyl adjacent to an activating group) is 1. The second kappa shape index (κ2) is 6.07. The van der Waals surface area contributed by atoms with Gasteiger partial charge in [0.05, 0.1) is 6.61 Å². The van der Waals surface area contributed by atoms with Gasteiger partial charge in [-0.15, -0.1) is 0 Å². The summed E-state index contributed by atoms with van der Waals surface area (Å²) in [4.78, 5) is 16.2. The first-order valence-corrected chi connectivity index (χ1v) is 8.44. The number of ether oxygens (including phenoxy) is 1. The van der Waals surface area contributed by atoms with Gasteiger partial charge in [0.25, 0.3) is 0 Å². The van der Waals surface area contributed by atoms with E-state index < -0.39 is 0 Å². The van der Waals surface area contributed by atoms with Gasteiger partial charge in [-0.1, -0.05) is 0 Å². The van der Waals surface area contributed by atoms with Crippen LogP contribution >= 0.6 is 0 Å². The van der Waals surface area contributed by atoms with Gasteiger partial charge in [0.1, 0.15) is 24.2 Å². The van der Waals surface area contributed by atoms with Crippen LogP contribution < -0.4 is 16.0 Å². The van der Waals surface area contributed by atoms with Crippen LogP contribution in [0.1, 0.15) is 17.7 Å². The molecule has 7 nitrogen and oxygen atoms in total. The third kappa shape index (κ3) is 2.63. The van der Waals surface area contributed by atoms with E-state index in [1.54, 1.807) is 0 Å². The Labute approximate surface area is 140 Å². The minimum absolute atomic E-state index is 0.104. The van der Waals surface area contributed by atoms with Crippen molar-refractivity contribution in [3.63, 3.8) is 0 Å². The van der Waals surface area contributed by atoms with Crippen LogP contribution in [0.2, 0.25) is 0 Å². The number of hydrogen-bond acceptors (Lipinski definition) is 5. The predicted octanol–water partition coefficient (Wildman–Crippen LogP) is 0.534. The SMILES string of the molecule is CNC1CCc2c(c3ccc(NC4COCC(=O)N4)nc3n2C)C1. The lowest BCUT2D eigenvalue weighted by Gasteiger charge is -2.24. The highest BCUT2D eigenvalue weighted by Gasteiger charge is 2.25. The lowest BCUT2D eigenvalue weighted by Crippen LogP contribution is -2.49. The molecule has 1 aliphatic heterocycles. The largest absolute Gasteiger partial charge is 0.368 e. The fourth-order valence-electron chi connectivity index (χ4n) is 3.76. The second-order valence-electron chi connectivity index (χ2n) is 6.56. The molecule has 0 bridgehead atoms. The van der Waals surface area contributed by atoms with Gasteiger partial charge in [-0.3, -0.25) is 4.79 Å². The van der Waals surface area contributed by atoms with Crippen molar-refractivity contribution in [1.29, 1.82) is 0 Å². The van der Waals surface area contributed by atoms with Gasteiger partial charge < -0.3 is 25.3 Å². The summed E-state index contributed by atoms with van der Waals surface area (Å²) >= 11 is 0. The number of anilines is 1. The lowest BCUT2D eigenvalue weighted by atomic mass is 9.92. The molecule has 0 spiro atoms. The van der Waals surface area contributed by atoms with E-state index in [1.807, 2.05) is 13.1 Å². The van der Waals surface area contributed by atoms with Crippen molar-refractivity contribution in [3.8, 4) is 0 Å². The van der Waals surface area contributed by atoms with Crippen molar-refractivity contribution in [3.05, 3.63) is 23.4 Å². The fourth-order valence-corrected chi connectivity index (χ4v) is 3.76. The van der Waals surface area contributed by atoms with Gasteiger partial charge in [0, 0.05) is 24.2 Å². The number of morpholine rings is 1. The molecular formula is C17H23N5O2. The standard InChI is InChI=1S/C17H23N5O2/c1-18-10-3-5-13-12(7-10)11-4-6-14(21-17(11)22(13)2)19-15-8-24-9-16(23)20-15/h4,6,10,15,18H,3,5,7-9H2,1-2H3,(H,19,21)(H,20,23). The van der Waals surface area contributed by atoms with E-state index in [1.165, 1.54) is 16.6 Å². The van der Waals surface area contributed by atoms with Crippen LogP contribution in [0.25, 0.3) is 11.0 Å². The third-order valence-corrected chi connectivity index (χ3v) is 5.03. The van der Waals surface area contributed by atoms with Crippen molar-refractivity contribution < 1.29 is 9.53 Å². The molecule has 1 amide bonds. The molecule has 0 aromatic carbocycles. The number of rotatable bonds is 3. The number of aromatic nitrogens is 2. The summed E-state index contributed by atoms with van der Waals surface area (Å²) in [5, 5.41) is 10.7. The fraction of sp³-hybridized carbons (Fsp3) is 0.529. The van der Waals surface area contributed by atoms with Gasteiger partial charge >= 0.3 is 0 Å². The first kappa shape index (κ1) is 15.4. The average molecular weight is 329 g/mol. The highest BCUT2D eigenvalue weighted by atomic mass is 16.5. The summed E-state index contributed by atoms with van der Waals surface area (Å²) in [6.07, 6.45) is 3.04. The van der Waals surface area contributed by atoms with Gasteiger partial charge in [-0.05, 0) is 44.0 Å². The molecule has 1 fully saturated rings. The quantitative estimate of drug-likeness (QED) is 0.766. The number of amides is 1. The molecule has 2 unspecified atom stereocenters. The van der Waals surface area contributed by atoms with E-state index in [0.717, 1.165) is 30.7 Å². The number of pyridine rings is 1. The summed E-state index contributed by atoms with van der Waals surface area (Å²) in [6.45, 7) is 0.570. The third-order valence-electron chi connectivity index (χ3n) is 5.03. The minimum atomic E-state index is -0.236. The van der Waals surface area contributed by atoms with E-state index in [2.05, 4.69) is 33.6 Å².